The Labute approximate surface area is 208 Å². The number of ether oxygens (including phenoxy) is 1. The van der Waals surface area contributed by atoms with E-state index in [0.717, 1.165) is 0 Å². The fraction of sp³-hybridized carbons (Fsp3) is 0.261. The number of carbonyl (C=O) groups is 2. The van der Waals surface area contributed by atoms with Gasteiger partial charge in [-0.1, -0.05) is 47.5 Å². The summed E-state index contributed by atoms with van der Waals surface area (Å²) in [6.07, 6.45) is -4.95. The summed E-state index contributed by atoms with van der Waals surface area (Å²) in [5, 5.41) is 6.58. The highest BCUT2D eigenvalue weighted by Crippen LogP contribution is 2.37. The first-order chi connectivity index (χ1) is 16.6. The van der Waals surface area contributed by atoms with Crippen molar-refractivity contribution in [3.05, 3.63) is 64.3 Å². The molecule has 1 aliphatic heterocycles. The molecule has 1 atom stereocenters. The van der Waals surface area contributed by atoms with Crippen molar-refractivity contribution >= 4 is 34.9 Å². The quantitative estimate of drug-likeness (QED) is 0.491. The summed E-state index contributed by atoms with van der Waals surface area (Å²) in [5.41, 5.74) is 3.97. The number of amides is 1. The number of Topliss-reactive ketones (excluding diaryl/α,β-unsaturated/α-hetero) is 1. The molecule has 1 fully saturated rings. The van der Waals surface area contributed by atoms with Crippen LogP contribution in [0.2, 0.25) is 10.0 Å². The third-order valence-electron chi connectivity index (χ3n) is 5.56. The molecule has 1 unspecified atom stereocenters. The van der Waals surface area contributed by atoms with Crippen LogP contribution in [0.1, 0.15) is 16.9 Å². The van der Waals surface area contributed by atoms with E-state index in [1.165, 1.54) is 16.8 Å². The molecule has 1 amide bonds. The number of hydrazine groups is 1. The number of halogens is 5. The van der Waals surface area contributed by atoms with Gasteiger partial charge in [-0.05, 0) is 30.7 Å². The van der Waals surface area contributed by atoms with E-state index in [2.05, 4.69) is 10.5 Å². The monoisotopic (exact) mass is 526 g/mol. The third-order valence-corrected chi connectivity index (χ3v) is 6.13. The molecule has 1 saturated heterocycles. The average molecular weight is 527 g/mol. The van der Waals surface area contributed by atoms with Crippen LogP contribution >= 0.6 is 23.2 Å². The summed E-state index contributed by atoms with van der Waals surface area (Å²) in [4.78, 5) is 24.7. The minimum atomic E-state index is -4.92. The Morgan fingerprint density at radius 1 is 1.11 bits per heavy atom. The van der Waals surface area contributed by atoms with Crippen molar-refractivity contribution in [1.82, 2.24) is 20.2 Å². The average Bonchev–Trinajstić information content (AvgIpc) is 3.43. The Morgan fingerprint density at radius 2 is 1.80 bits per heavy atom. The van der Waals surface area contributed by atoms with Crippen LogP contribution in [0.5, 0.6) is 5.75 Å². The molecular formula is C23H19Cl2F3N4O3. The van der Waals surface area contributed by atoms with Gasteiger partial charge in [0.05, 0.1) is 17.8 Å². The highest BCUT2D eigenvalue weighted by Gasteiger charge is 2.45. The Kier molecular flexibility index (Phi) is 7.07. The Bertz CT molecular complexity index is 1260. The van der Waals surface area contributed by atoms with E-state index in [-0.39, 0.29) is 31.0 Å². The van der Waals surface area contributed by atoms with Crippen molar-refractivity contribution in [2.24, 2.45) is 5.92 Å². The van der Waals surface area contributed by atoms with E-state index in [4.69, 9.17) is 27.9 Å². The molecule has 2 heterocycles. The van der Waals surface area contributed by atoms with Gasteiger partial charge in [0.25, 0.3) is 5.91 Å². The van der Waals surface area contributed by atoms with Gasteiger partial charge in [0.1, 0.15) is 5.69 Å². The molecule has 7 nitrogen and oxygen atoms in total. The van der Waals surface area contributed by atoms with Gasteiger partial charge in [-0.15, -0.1) is 0 Å². The van der Waals surface area contributed by atoms with Crippen LogP contribution in [0, 0.1) is 5.92 Å². The van der Waals surface area contributed by atoms with Gasteiger partial charge < -0.3 is 4.74 Å². The standard InChI is InChI=1S/C23H19Cl2F3N4O3/c1-35-20-18(22(34)30-31-11-10-14(12-31)21(33)23(26,27)28)29-32(17-5-3-2-4-16(17)25)19(20)13-6-8-15(24)9-7-13/h2-9,14H,10-12H2,1H3,(H,30,34). The van der Waals surface area contributed by atoms with Gasteiger partial charge in [-0.3, -0.25) is 15.0 Å². The summed E-state index contributed by atoms with van der Waals surface area (Å²) in [5.74, 6) is -3.63. The Hall–Kier alpha value is -3.08. The van der Waals surface area contributed by atoms with Gasteiger partial charge in [-0.2, -0.15) is 18.3 Å². The number of ketones is 1. The highest BCUT2D eigenvalue weighted by atomic mass is 35.5. The number of para-hydroxylation sites is 1. The minimum absolute atomic E-state index is 0.0279. The maximum Gasteiger partial charge on any atom is 0.450 e. The molecule has 3 aromatic rings. The molecule has 2 aromatic carbocycles. The predicted molar refractivity (Wildman–Crippen MR) is 124 cm³/mol. The maximum atomic E-state index is 13.2. The smallest absolute Gasteiger partial charge is 0.450 e. The van der Waals surface area contributed by atoms with Gasteiger partial charge >= 0.3 is 6.18 Å². The molecule has 0 spiro atoms. The Balaban J connectivity index is 1.70. The number of carbonyl (C=O) groups excluding carboxylic acids is 2. The van der Waals surface area contributed by atoms with Gasteiger partial charge in [0, 0.05) is 29.6 Å². The largest absolute Gasteiger partial charge is 0.492 e. The van der Waals surface area contributed by atoms with Gasteiger partial charge in [0.2, 0.25) is 5.78 Å². The van der Waals surface area contributed by atoms with Crippen LogP contribution in [-0.2, 0) is 4.79 Å². The van der Waals surface area contributed by atoms with E-state index >= 15 is 0 Å². The lowest BCUT2D eigenvalue weighted by molar-refractivity contribution is -0.175. The summed E-state index contributed by atoms with van der Waals surface area (Å²) in [7, 11) is 1.37. The number of aromatic nitrogens is 2. The maximum absolute atomic E-state index is 13.2. The molecule has 12 heteroatoms. The van der Waals surface area contributed by atoms with E-state index in [9.17, 15) is 22.8 Å². The zero-order valence-corrected chi connectivity index (χ0v) is 19.8. The molecule has 0 radical (unpaired) electrons. The number of benzene rings is 2. The highest BCUT2D eigenvalue weighted by molar-refractivity contribution is 6.32. The van der Waals surface area contributed by atoms with E-state index < -0.39 is 23.8 Å². The fourth-order valence-corrected chi connectivity index (χ4v) is 4.25. The number of hydrogen-bond acceptors (Lipinski definition) is 5. The first kappa shape index (κ1) is 25.0. The summed E-state index contributed by atoms with van der Waals surface area (Å²) in [6, 6.07) is 13.7. The van der Waals surface area contributed by atoms with Crippen LogP contribution in [-0.4, -0.2) is 52.9 Å². The second-order valence-corrected chi connectivity index (χ2v) is 8.68. The molecule has 1 aliphatic rings. The summed E-state index contributed by atoms with van der Waals surface area (Å²) < 4.78 is 45.3. The molecule has 35 heavy (non-hydrogen) atoms. The molecular weight excluding hydrogens is 508 g/mol. The predicted octanol–water partition coefficient (Wildman–Crippen LogP) is 4.95. The van der Waals surface area contributed by atoms with Crippen molar-refractivity contribution in [1.29, 1.82) is 0 Å². The number of nitrogens with one attached hydrogen (secondary N) is 1. The number of alkyl halides is 3. The second-order valence-electron chi connectivity index (χ2n) is 7.84. The van der Waals surface area contributed by atoms with Crippen molar-refractivity contribution in [2.45, 2.75) is 12.6 Å². The number of nitrogens with zero attached hydrogens (tertiary/aromatic N) is 3. The van der Waals surface area contributed by atoms with Crippen molar-refractivity contribution in [3.8, 4) is 22.7 Å². The first-order valence-corrected chi connectivity index (χ1v) is 11.2. The molecule has 0 bridgehead atoms. The number of rotatable bonds is 6. The van der Waals surface area contributed by atoms with Crippen molar-refractivity contribution < 1.29 is 27.5 Å². The lowest BCUT2D eigenvalue weighted by Gasteiger charge is -2.17. The molecule has 0 aliphatic carbocycles. The van der Waals surface area contributed by atoms with Crippen LogP contribution in [0.15, 0.2) is 48.5 Å². The van der Waals surface area contributed by atoms with Crippen molar-refractivity contribution in [2.75, 3.05) is 20.2 Å². The van der Waals surface area contributed by atoms with Crippen LogP contribution in [0.3, 0.4) is 0 Å². The lowest BCUT2D eigenvalue weighted by atomic mass is 10.0. The molecule has 4 rings (SSSR count). The normalized spacial score (nSPS) is 16.3. The van der Waals surface area contributed by atoms with E-state index in [1.807, 2.05) is 0 Å². The SMILES string of the molecule is COc1c(C(=O)NN2CCC(C(=O)C(F)(F)F)C2)nn(-c2ccccc2Cl)c1-c1ccc(Cl)cc1. The molecule has 0 saturated carbocycles. The summed E-state index contributed by atoms with van der Waals surface area (Å²) in [6.45, 7) is -0.183. The third kappa shape index (κ3) is 5.14. The number of hydrogen-bond donors (Lipinski definition) is 1. The first-order valence-electron chi connectivity index (χ1n) is 10.4. The lowest BCUT2D eigenvalue weighted by Crippen LogP contribution is -2.42. The fourth-order valence-electron chi connectivity index (χ4n) is 3.91. The molecule has 1 aromatic heterocycles. The molecule has 1 N–H and O–H groups in total. The van der Waals surface area contributed by atoms with E-state index in [0.29, 0.717) is 27.0 Å². The van der Waals surface area contributed by atoms with Crippen LogP contribution in [0.4, 0.5) is 13.2 Å². The molecule has 184 valence electrons. The van der Waals surface area contributed by atoms with Crippen LogP contribution in [0.25, 0.3) is 16.9 Å². The van der Waals surface area contributed by atoms with E-state index in [1.54, 1.807) is 48.5 Å². The number of methoxy groups -OCH3 is 1. The topological polar surface area (TPSA) is 76.5 Å². The van der Waals surface area contributed by atoms with Crippen molar-refractivity contribution in [3.63, 3.8) is 0 Å². The van der Waals surface area contributed by atoms with Crippen LogP contribution < -0.4 is 10.2 Å². The van der Waals surface area contributed by atoms with Gasteiger partial charge in [-0.25, -0.2) is 9.69 Å². The minimum Gasteiger partial charge on any atom is -0.492 e. The zero-order valence-electron chi connectivity index (χ0n) is 18.3. The Morgan fingerprint density at radius 3 is 2.43 bits per heavy atom. The summed E-state index contributed by atoms with van der Waals surface area (Å²) >= 11 is 12.4. The van der Waals surface area contributed by atoms with Gasteiger partial charge in [0.15, 0.2) is 11.4 Å². The second kappa shape index (κ2) is 9.88. The zero-order chi connectivity index (χ0) is 25.3.